The van der Waals surface area contributed by atoms with E-state index >= 15 is 0 Å². The predicted molar refractivity (Wildman–Crippen MR) is 109 cm³/mol. The summed E-state index contributed by atoms with van der Waals surface area (Å²) in [5.74, 6) is 0. The SMILES string of the molecule is N#Cc1ccc(S(=O)N2C[C@H](Sc3ccc(Cl)cc3)C(O)(CN)C2)c(Cl)c1. The molecule has 3 N–H and O–H groups in total. The molecule has 1 aliphatic heterocycles. The lowest BCUT2D eigenvalue weighted by Crippen LogP contribution is -2.47. The fraction of sp³-hybridized carbons (Fsp3) is 0.278. The minimum atomic E-state index is -1.57. The Labute approximate surface area is 174 Å². The highest BCUT2D eigenvalue weighted by Crippen LogP contribution is 2.38. The lowest BCUT2D eigenvalue weighted by atomic mass is 10.0. The molecule has 2 aromatic carbocycles. The van der Waals surface area contributed by atoms with Gasteiger partial charge in [0.2, 0.25) is 0 Å². The lowest BCUT2D eigenvalue weighted by molar-refractivity contribution is 0.0701. The van der Waals surface area contributed by atoms with E-state index in [1.165, 1.54) is 17.8 Å². The Balaban J connectivity index is 1.81. The molecular formula is C18H17Cl2N3O2S2. The predicted octanol–water partition coefficient (Wildman–Crippen LogP) is 3.05. The summed E-state index contributed by atoms with van der Waals surface area (Å²) in [4.78, 5) is 1.35. The number of hydrogen-bond acceptors (Lipinski definition) is 5. The monoisotopic (exact) mass is 441 g/mol. The fourth-order valence-electron chi connectivity index (χ4n) is 2.82. The zero-order chi connectivity index (χ0) is 19.6. The molecule has 2 unspecified atom stereocenters. The zero-order valence-electron chi connectivity index (χ0n) is 14.1. The quantitative estimate of drug-likeness (QED) is 0.743. The van der Waals surface area contributed by atoms with Crippen molar-refractivity contribution in [3.8, 4) is 6.07 Å². The zero-order valence-corrected chi connectivity index (χ0v) is 17.3. The molecule has 0 bridgehead atoms. The van der Waals surface area contributed by atoms with E-state index in [4.69, 9.17) is 34.2 Å². The van der Waals surface area contributed by atoms with Crippen LogP contribution in [0, 0.1) is 11.3 Å². The number of β-amino-alcohol motifs (C(OH)–C–C–N with tert-alkyl or cyclic N) is 1. The van der Waals surface area contributed by atoms with Gasteiger partial charge in [-0.2, -0.15) is 5.26 Å². The summed E-state index contributed by atoms with van der Waals surface area (Å²) in [6.45, 7) is 0.592. The van der Waals surface area contributed by atoms with Crippen LogP contribution >= 0.6 is 35.0 Å². The smallest absolute Gasteiger partial charge is 0.129 e. The first-order valence-corrected chi connectivity index (χ1v) is 10.8. The molecule has 1 heterocycles. The summed E-state index contributed by atoms with van der Waals surface area (Å²) in [6.07, 6.45) is 0. The average molecular weight is 442 g/mol. The third kappa shape index (κ3) is 4.49. The van der Waals surface area contributed by atoms with Crippen molar-refractivity contribution in [2.75, 3.05) is 19.6 Å². The normalized spacial score (nSPS) is 23.9. The topological polar surface area (TPSA) is 90.3 Å². The molecule has 142 valence electrons. The Morgan fingerprint density at radius 3 is 2.63 bits per heavy atom. The summed E-state index contributed by atoms with van der Waals surface area (Å²) in [7, 11) is -1.57. The van der Waals surface area contributed by atoms with E-state index in [1.54, 1.807) is 28.6 Å². The van der Waals surface area contributed by atoms with Gasteiger partial charge in [-0.05, 0) is 42.5 Å². The lowest BCUT2D eigenvalue weighted by Gasteiger charge is -2.26. The van der Waals surface area contributed by atoms with Gasteiger partial charge in [0.15, 0.2) is 0 Å². The van der Waals surface area contributed by atoms with Crippen molar-refractivity contribution in [1.82, 2.24) is 4.31 Å². The number of benzene rings is 2. The molecule has 0 aliphatic carbocycles. The maximum atomic E-state index is 13.0. The molecule has 0 amide bonds. The minimum absolute atomic E-state index is 0.0487. The second-order valence-electron chi connectivity index (χ2n) is 6.20. The van der Waals surface area contributed by atoms with Crippen LogP contribution in [-0.4, -0.2) is 44.1 Å². The van der Waals surface area contributed by atoms with E-state index in [0.29, 0.717) is 22.0 Å². The highest BCUT2D eigenvalue weighted by Gasteiger charge is 2.47. The second kappa shape index (κ2) is 8.50. The number of halogens is 2. The van der Waals surface area contributed by atoms with Crippen molar-refractivity contribution in [1.29, 1.82) is 5.26 Å². The Kier molecular flexibility index (Phi) is 6.49. The maximum Gasteiger partial charge on any atom is 0.129 e. The number of nitrogens with two attached hydrogens (primary N) is 1. The summed E-state index contributed by atoms with van der Waals surface area (Å²) in [6, 6.07) is 14.0. The first-order chi connectivity index (χ1) is 12.9. The van der Waals surface area contributed by atoms with Crippen LogP contribution in [0.2, 0.25) is 10.0 Å². The number of hydrogen-bond donors (Lipinski definition) is 2. The van der Waals surface area contributed by atoms with Crippen LogP contribution in [0.1, 0.15) is 5.56 Å². The molecule has 0 aromatic heterocycles. The van der Waals surface area contributed by atoms with Crippen LogP contribution in [0.25, 0.3) is 0 Å². The number of nitriles is 1. The molecular weight excluding hydrogens is 425 g/mol. The van der Waals surface area contributed by atoms with Gasteiger partial charge in [-0.15, -0.1) is 11.8 Å². The second-order valence-corrected chi connectivity index (χ2v) is 9.77. The third-order valence-electron chi connectivity index (χ3n) is 4.35. The molecule has 1 saturated heterocycles. The third-order valence-corrected chi connectivity index (χ3v) is 7.92. The molecule has 9 heteroatoms. The Morgan fingerprint density at radius 2 is 2.04 bits per heavy atom. The van der Waals surface area contributed by atoms with Gasteiger partial charge in [-0.25, -0.2) is 8.51 Å². The number of thioether (sulfide) groups is 1. The number of nitrogens with zero attached hydrogens (tertiary/aromatic N) is 2. The maximum absolute atomic E-state index is 13.0. The highest BCUT2D eigenvalue weighted by atomic mass is 35.5. The number of aliphatic hydroxyl groups is 1. The van der Waals surface area contributed by atoms with Crippen molar-refractivity contribution in [2.45, 2.75) is 20.6 Å². The molecule has 5 nitrogen and oxygen atoms in total. The first-order valence-electron chi connectivity index (χ1n) is 8.07. The highest BCUT2D eigenvalue weighted by molar-refractivity contribution is 8.00. The van der Waals surface area contributed by atoms with Crippen LogP contribution in [0.5, 0.6) is 0 Å². The average Bonchev–Trinajstić information content (AvgIpc) is 3.00. The molecule has 0 saturated carbocycles. The Hall–Kier alpha value is -1.11. The van der Waals surface area contributed by atoms with E-state index < -0.39 is 16.6 Å². The van der Waals surface area contributed by atoms with Gasteiger partial charge in [0.25, 0.3) is 0 Å². The first kappa shape index (κ1) is 20.6. The van der Waals surface area contributed by atoms with Crippen LogP contribution in [0.15, 0.2) is 52.3 Å². The standard InChI is InChI=1S/C18H17Cl2N3O2S2/c19-13-2-4-14(5-3-13)26-17-9-23(11-18(17,24)10-22)27(25)16-6-1-12(8-21)7-15(16)20/h1-7,17,24H,9-11,22H2/t17-,18?,27?/m0/s1. The fourth-order valence-corrected chi connectivity index (χ4v) is 6.00. The molecule has 3 atom stereocenters. The van der Waals surface area contributed by atoms with Crippen LogP contribution < -0.4 is 5.73 Å². The molecule has 3 rings (SSSR count). The van der Waals surface area contributed by atoms with Crippen molar-refractivity contribution in [3.05, 3.63) is 58.1 Å². The van der Waals surface area contributed by atoms with Crippen LogP contribution in [-0.2, 0) is 11.0 Å². The van der Waals surface area contributed by atoms with Gasteiger partial charge in [-0.3, -0.25) is 0 Å². The van der Waals surface area contributed by atoms with Gasteiger partial charge in [0.05, 0.1) is 26.8 Å². The van der Waals surface area contributed by atoms with Crippen LogP contribution in [0.4, 0.5) is 0 Å². The molecule has 2 aromatic rings. The summed E-state index contributed by atoms with van der Waals surface area (Å²) < 4.78 is 14.7. The van der Waals surface area contributed by atoms with E-state index in [-0.39, 0.29) is 23.4 Å². The summed E-state index contributed by atoms with van der Waals surface area (Å²) in [5, 5.41) is 20.6. The van der Waals surface area contributed by atoms with Gasteiger partial charge < -0.3 is 10.8 Å². The van der Waals surface area contributed by atoms with Gasteiger partial charge >= 0.3 is 0 Å². The van der Waals surface area contributed by atoms with E-state index in [2.05, 4.69) is 0 Å². The Morgan fingerprint density at radius 1 is 1.33 bits per heavy atom. The van der Waals surface area contributed by atoms with Crippen molar-refractivity contribution >= 4 is 45.9 Å². The van der Waals surface area contributed by atoms with Crippen molar-refractivity contribution in [2.24, 2.45) is 5.73 Å². The molecule has 1 aliphatic rings. The van der Waals surface area contributed by atoms with E-state index in [0.717, 1.165) is 4.90 Å². The largest absolute Gasteiger partial charge is 0.386 e. The van der Waals surface area contributed by atoms with Crippen molar-refractivity contribution < 1.29 is 9.32 Å². The molecule has 0 spiro atoms. The molecule has 1 fully saturated rings. The van der Waals surface area contributed by atoms with Gasteiger partial charge in [0.1, 0.15) is 16.6 Å². The number of rotatable bonds is 5. The Bertz CT molecular complexity index is 904. The van der Waals surface area contributed by atoms with Crippen LogP contribution in [0.3, 0.4) is 0 Å². The summed E-state index contributed by atoms with van der Waals surface area (Å²) in [5.41, 5.74) is 5.05. The minimum Gasteiger partial charge on any atom is -0.386 e. The molecule has 0 radical (unpaired) electrons. The van der Waals surface area contributed by atoms with E-state index in [1.807, 2.05) is 18.2 Å². The van der Waals surface area contributed by atoms with Gasteiger partial charge in [0, 0.05) is 29.6 Å². The van der Waals surface area contributed by atoms with Crippen molar-refractivity contribution in [3.63, 3.8) is 0 Å². The van der Waals surface area contributed by atoms with E-state index in [9.17, 15) is 9.32 Å². The molecule has 27 heavy (non-hydrogen) atoms. The summed E-state index contributed by atoms with van der Waals surface area (Å²) >= 11 is 13.6. The van der Waals surface area contributed by atoms with Gasteiger partial charge in [-0.1, -0.05) is 23.2 Å².